The number of nitrogens with zero attached hydrogens (tertiary/aromatic N) is 6. The number of aromatic nitrogens is 6. The number of nitrogens with one attached hydrogen (secondary N) is 1. The molecule has 1 amide bonds. The minimum Gasteiger partial charge on any atom is -0.309 e. The molecule has 0 radical (unpaired) electrons. The summed E-state index contributed by atoms with van der Waals surface area (Å²) in [6.07, 6.45) is 0. The van der Waals surface area contributed by atoms with Crippen molar-refractivity contribution in [2.75, 3.05) is 5.32 Å². The van der Waals surface area contributed by atoms with Crippen LogP contribution in [0.5, 0.6) is 0 Å². The van der Waals surface area contributed by atoms with Gasteiger partial charge in [0.1, 0.15) is 12.4 Å². The van der Waals surface area contributed by atoms with E-state index < -0.39 is 0 Å². The highest BCUT2D eigenvalue weighted by Gasteiger charge is 2.21. The first-order valence-electron chi connectivity index (χ1n) is 9.69. The van der Waals surface area contributed by atoms with Crippen LogP contribution in [0.3, 0.4) is 0 Å². The second kappa shape index (κ2) is 7.90. The summed E-state index contributed by atoms with van der Waals surface area (Å²) in [6, 6.07) is 21.1. The summed E-state index contributed by atoms with van der Waals surface area (Å²) in [7, 11) is 0. The fourth-order valence-electron chi connectivity index (χ4n) is 2.93. The summed E-state index contributed by atoms with van der Waals surface area (Å²) in [5.41, 5.74) is 2.44. The molecular formula is C22H23N7O. The Labute approximate surface area is 174 Å². The molecule has 0 bridgehead atoms. The van der Waals surface area contributed by atoms with Crippen LogP contribution in [-0.2, 0) is 16.8 Å². The van der Waals surface area contributed by atoms with Gasteiger partial charge in [0.25, 0.3) is 0 Å². The lowest BCUT2D eigenvalue weighted by Crippen LogP contribution is -2.22. The van der Waals surface area contributed by atoms with Crippen LogP contribution in [0.2, 0.25) is 0 Å². The number of amides is 1. The number of carbonyl (C=O) groups excluding carboxylic acids is 1. The van der Waals surface area contributed by atoms with Gasteiger partial charge in [-0.1, -0.05) is 69.3 Å². The topological polar surface area (TPSA) is 90.5 Å². The Hall–Kier alpha value is -3.81. The van der Waals surface area contributed by atoms with Gasteiger partial charge in [0.2, 0.25) is 11.7 Å². The Morgan fingerprint density at radius 3 is 2.30 bits per heavy atom. The maximum absolute atomic E-state index is 12.7. The number of anilines is 1. The number of tetrazole rings is 1. The Morgan fingerprint density at radius 2 is 1.63 bits per heavy atom. The fraction of sp³-hybridized carbons (Fsp3) is 0.227. The molecule has 2 heterocycles. The third-order valence-corrected chi connectivity index (χ3v) is 4.52. The first kappa shape index (κ1) is 19.5. The summed E-state index contributed by atoms with van der Waals surface area (Å²) in [5.74, 6) is 0.817. The van der Waals surface area contributed by atoms with Crippen molar-refractivity contribution in [3.8, 4) is 17.1 Å². The molecule has 0 saturated heterocycles. The second-order valence-corrected chi connectivity index (χ2v) is 7.97. The highest BCUT2D eigenvalue weighted by molar-refractivity contribution is 5.90. The molecule has 0 saturated carbocycles. The summed E-state index contributed by atoms with van der Waals surface area (Å²) < 4.78 is 1.74. The zero-order valence-corrected chi connectivity index (χ0v) is 17.1. The van der Waals surface area contributed by atoms with Crippen LogP contribution in [0.15, 0.2) is 66.7 Å². The van der Waals surface area contributed by atoms with E-state index in [1.54, 1.807) is 4.68 Å². The monoisotopic (exact) mass is 401 g/mol. The predicted molar refractivity (Wildman–Crippen MR) is 114 cm³/mol. The zero-order valence-electron chi connectivity index (χ0n) is 17.1. The van der Waals surface area contributed by atoms with Crippen molar-refractivity contribution in [2.24, 2.45) is 0 Å². The van der Waals surface area contributed by atoms with Crippen LogP contribution in [0, 0.1) is 0 Å². The van der Waals surface area contributed by atoms with Gasteiger partial charge < -0.3 is 5.32 Å². The van der Waals surface area contributed by atoms with Crippen molar-refractivity contribution < 1.29 is 4.79 Å². The molecule has 8 nitrogen and oxygen atoms in total. The van der Waals surface area contributed by atoms with E-state index in [1.165, 1.54) is 4.80 Å². The van der Waals surface area contributed by atoms with E-state index in [9.17, 15) is 4.79 Å². The van der Waals surface area contributed by atoms with Crippen LogP contribution >= 0.6 is 0 Å². The first-order chi connectivity index (χ1) is 14.4. The third-order valence-electron chi connectivity index (χ3n) is 4.52. The quantitative estimate of drug-likeness (QED) is 0.553. The van der Waals surface area contributed by atoms with E-state index in [1.807, 2.05) is 66.7 Å². The lowest BCUT2D eigenvalue weighted by atomic mass is 9.92. The number of hydrogen-bond acceptors (Lipinski definition) is 5. The van der Waals surface area contributed by atoms with E-state index in [-0.39, 0.29) is 17.9 Å². The maximum Gasteiger partial charge on any atom is 0.249 e. The Balaban J connectivity index is 1.55. The normalized spacial score (nSPS) is 11.4. The van der Waals surface area contributed by atoms with E-state index in [0.29, 0.717) is 11.6 Å². The van der Waals surface area contributed by atoms with Gasteiger partial charge in [0.05, 0.1) is 11.4 Å². The largest absolute Gasteiger partial charge is 0.309 e. The zero-order chi connectivity index (χ0) is 21.1. The van der Waals surface area contributed by atoms with Crippen molar-refractivity contribution in [3.63, 3.8) is 0 Å². The first-order valence-corrected chi connectivity index (χ1v) is 9.69. The van der Waals surface area contributed by atoms with Gasteiger partial charge in [-0.25, -0.2) is 4.68 Å². The molecule has 0 aliphatic rings. The maximum atomic E-state index is 12.7. The minimum absolute atomic E-state index is 0.0509. The molecule has 0 aliphatic carbocycles. The molecule has 0 fully saturated rings. The summed E-state index contributed by atoms with van der Waals surface area (Å²) in [5, 5.41) is 20.0. The van der Waals surface area contributed by atoms with Gasteiger partial charge in [-0.3, -0.25) is 4.79 Å². The molecule has 1 N–H and O–H groups in total. The molecule has 0 unspecified atom stereocenters. The molecule has 8 heteroatoms. The Morgan fingerprint density at radius 1 is 0.967 bits per heavy atom. The van der Waals surface area contributed by atoms with Crippen LogP contribution < -0.4 is 5.32 Å². The number of benzene rings is 2. The summed E-state index contributed by atoms with van der Waals surface area (Å²) in [6.45, 7) is 6.20. The number of carbonyl (C=O) groups is 1. The number of para-hydroxylation sites is 1. The average molecular weight is 401 g/mol. The molecule has 4 aromatic rings. The van der Waals surface area contributed by atoms with E-state index in [4.69, 9.17) is 5.10 Å². The van der Waals surface area contributed by atoms with Crippen LogP contribution in [0.4, 0.5) is 5.82 Å². The summed E-state index contributed by atoms with van der Waals surface area (Å²) in [4.78, 5) is 14.0. The summed E-state index contributed by atoms with van der Waals surface area (Å²) >= 11 is 0. The van der Waals surface area contributed by atoms with E-state index >= 15 is 0 Å². The average Bonchev–Trinajstić information content (AvgIpc) is 3.36. The van der Waals surface area contributed by atoms with Gasteiger partial charge in [-0.15, -0.1) is 10.2 Å². The molecule has 2 aromatic carbocycles. The van der Waals surface area contributed by atoms with E-state index in [0.717, 1.165) is 16.9 Å². The molecule has 0 atom stereocenters. The van der Waals surface area contributed by atoms with Crippen molar-refractivity contribution in [1.29, 1.82) is 0 Å². The molecular weight excluding hydrogens is 378 g/mol. The van der Waals surface area contributed by atoms with Crippen LogP contribution in [0.25, 0.3) is 17.1 Å². The van der Waals surface area contributed by atoms with Crippen molar-refractivity contribution in [1.82, 2.24) is 30.0 Å². The van der Waals surface area contributed by atoms with Crippen molar-refractivity contribution >= 4 is 11.7 Å². The Bertz CT molecular complexity index is 1140. The predicted octanol–water partition coefficient (Wildman–Crippen LogP) is 3.46. The van der Waals surface area contributed by atoms with Crippen molar-refractivity contribution in [2.45, 2.75) is 32.7 Å². The SMILES string of the molecule is CC(C)(C)c1cc(NC(=O)Cn2nnc(-c3ccccc3)n2)n(-c2ccccc2)n1. The van der Waals surface area contributed by atoms with Crippen molar-refractivity contribution in [3.05, 3.63) is 72.4 Å². The smallest absolute Gasteiger partial charge is 0.249 e. The fourth-order valence-corrected chi connectivity index (χ4v) is 2.93. The molecule has 0 spiro atoms. The van der Waals surface area contributed by atoms with Gasteiger partial charge >= 0.3 is 0 Å². The molecule has 152 valence electrons. The lowest BCUT2D eigenvalue weighted by Gasteiger charge is -2.14. The highest BCUT2D eigenvalue weighted by atomic mass is 16.2. The lowest BCUT2D eigenvalue weighted by molar-refractivity contribution is -0.117. The highest BCUT2D eigenvalue weighted by Crippen LogP contribution is 2.26. The third kappa shape index (κ3) is 4.27. The molecule has 0 aliphatic heterocycles. The van der Waals surface area contributed by atoms with Gasteiger partial charge in [-0.05, 0) is 17.3 Å². The number of hydrogen-bond donors (Lipinski definition) is 1. The van der Waals surface area contributed by atoms with Gasteiger partial charge in [0.15, 0.2) is 0 Å². The second-order valence-electron chi connectivity index (χ2n) is 7.97. The van der Waals surface area contributed by atoms with Crippen LogP contribution in [-0.4, -0.2) is 35.9 Å². The Kier molecular flexibility index (Phi) is 5.14. The molecule has 4 rings (SSSR count). The standard InChI is InChI=1S/C22H23N7O/c1-22(2,3)18-14-19(29(25-18)17-12-8-5-9-13-17)23-20(30)15-28-26-21(24-27-28)16-10-6-4-7-11-16/h4-14H,15H2,1-3H3,(H,23,30). The minimum atomic E-state index is -0.260. The van der Waals surface area contributed by atoms with Gasteiger partial charge in [-0.2, -0.15) is 9.90 Å². The molecule has 2 aromatic heterocycles. The molecule has 30 heavy (non-hydrogen) atoms. The van der Waals surface area contributed by atoms with E-state index in [2.05, 4.69) is 41.5 Å². The number of rotatable bonds is 5. The van der Waals surface area contributed by atoms with Crippen LogP contribution in [0.1, 0.15) is 26.5 Å². The van der Waals surface area contributed by atoms with Gasteiger partial charge in [0, 0.05) is 17.0 Å².